The van der Waals surface area contributed by atoms with Gasteiger partial charge in [0.25, 0.3) is 5.56 Å². The molecule has 0 fully saturated rings. The number of fused-ring (bicyclic) bond motifs is 3. The van der Waals surface area contributed by atoms with Crippen LogP contribution in [0.1, 0.15) is 18.5 Å². The second-order valence-corrected chi connectivity index (χ2v) is 7.01. The van der Waals surface area contributed by atoms with Crippen molar-refractivity contribution in [2.75, 3.05) is 7.11 Å². The highest BCUT2D eigenvalue weighted by atomic mass is 35.5. The molecule has 2 heterocycles. The minimum absolute atomic E-state index is 0. The first-order valence-electron chi connectivity index (χ1n) is 8.06. The molecule has 134 valence electrons. The van der Waals surface area contributed by atoms with Gasteiger partial charge in [0.2, 0.25) is 0 Å². The average Bonchev–Trinajstić information content (AvgIpc) is 3.11. The molecule has 0 amide bonds. The van der Waals surface area contributed by atoms with Crippen LogP contribution in [-0.4, -0.2) is 12.1 Å². The topological polar surface area (TPSA) is 68.1 Å². The first kappa shape index (κ1) is 18.5. The number of rotatable bonds is 3. The van der Waals surface area contributed by atoms with Crippen molar-refractivity contribution in [2.45, 2.75) is 13.0 Å². The molecule has 0 bridgehead atoms. The van der Waals surface area contributed by atoms with Crippen molar-refractivity contribution in [3.63, 3.8) is 0 Å². The summed E-state index contributed by atoms with van der Waals surface area (Å²) < 4.78 is 6.36. The second kappa shape index (κ2) is 7.11. The van der Waals surface area contributed by atoms with E-state index in [0.717, 1.165) is 43.4 Å². The Kier molecular flexibility index (Phi) is 5.05. The second-order valence-electron chi connectivity index (χ2n) is 6.09. The molecule has 0 saturated carbocycles. The molecule has 2 aromatic heterocycles. The lowest BCUT2D eigenvalue weighted by Gasteiger charge is -2.14. The third kappa shape index (κ3) is 2.88. The molecule has 0 spiro atoms. The van der Waals surface area contributed by atoms with E-state index in [1.807, 2.05) is 42.6 Å². The van der Waals surface area contributed by atoms with E-state index in [1.165, 1.54) is 11.3 Å². The molecule has 0 aliphatic rings. The molecule has 4 aromatic rings. The zero-order chi connectivity index (χ0) is 17.6. The molecule has 26 heavy (non-hydrogen) atoms. The van der Waals surface area contributed by atoms with Gasteiger partial charge in [-0.1, -0.05) is 24.3 Å². The lowest BCUT2D eigenvalue weighted by atomic mass is 9.96. The third-order valence-electron chi connectivity index (χ3n) is 4.50. The highest BCUT2D eigenvalue weighted by Crippen LogP contribution is 2.40. The van der Waals surface area contributed by atoms with Crippen LogP contribution in [0.25, 0.3) is 32.1 Å². The van der Waals surface area contributed by atoms with E-state index in [4.69, 9.17) is 10.5 Å². The van der Waals surface area contributed by atoms with E-state index in [2.05, 4.69) is 17.1 Å². The van der Waals surface area contributed by atoms with Crippen LogP contribution in [-0.2, 0) is 0 Å². The quantitative estimate of drug-likeness (QED) is 0.528. The Bertz CT molecular complexity index is 1130. The van der Waals surface area contributed by atoms with Crippen LogP contribution in [0.4, 0.5) is 0 Å². The Hall–Kier alpha value is -2.34. The zero-order valence-corrected chi connectivity index (χ0v) is 16.0. The summed E-state index contributed by atoms with van der Waals surface area (Å²) in [6.45, 7) is 1.97. The normalized spacial score (nSPS) is 12.1. The minimum Gasteiger partial charge on any atom is -0.496 e. The number of ether oxygens (including phenoxy) is 1. The Labute approximate surface area is 161 Å². The largest absolute Gasteiger partial charge is 0.496 e. The molecule has 6 heteroatoms. The fourth-order valence-corrected chi connectivity index (χ4v) is 4.03. The van der Waals surface area contributed by atoms with Crippen LogP contribution in [0.5, 0.6) is 5.75 Å². The average molecular weight is 387 g/mol. The van der Waals surface area contributed by atoms with Gasteiger partial charge in [0.1, 0.15) is 10.4 Å². The fourth-order valence-electron chi connectivity index (χ4n) is 3.24. The molecule has 0 radical (unpaired) electrons. The maximum atomic E-state index is 12.3. The van der Waals surface area contributed by atoms with Crippen LogP contribution < -0.4 is 16.0 Å². The van der Waals surface area contributed by atoms with Gasteiger partial charge >= 0.3 is 0 Å². The number of methoxy groups -OCH3 is 1. The number of aromatic amines is 1. The monoisotopic (exact) mass is 386 g/mol. The lowest BCUT2D eigenvalue weighted by Crippen LogP contribution is -2.05. The number of halogens is 1. The Balaban J connectivity index is 0.00000196. The summed E-state index contributed by atoms with van der Waals surface area (Å²) >= 11 is 1.45. The lowest BCUT2D eigenvalue weighted by molar-refractivity contribution is 0.417. The first-order valence-corrected chi connectivity index (χ1v) is 8.94. The van der Waals surface area contributed by atoms with Gasteiger partial charge in [-0.3, -0.25) is 4.79 Å². The summed E-state index contributed by atoms with van der Waals surface area (Å²) in [5, 5.41) is 3.90. The van der Waals surface area contributed by atoms with Gasteiger partial charge in [0, 0.05) is 27.9 Å². The minimum atomic E-state index is -0.0547. The van der Waals surface area contributed by atoms with Gasteiger partial charge in [-0.05, 0) is 41.6 Å². The molecule has 0 unspecified atom stereocenters. The number of aromatic nitrogens is 1. The fraction of sp³-hybridized carbons (Fsp3) is 0.150. The van der Waals surface area contributed by atoms with Crippen molar-refractivity contribution in [3.8, 4) is 16.9 Å². The molecule has 1 atom stereocenters. The molecular weight excluding hydrogens is 368 g/mol. The van der Waals surface area contributed by atoms with Crippen molar-refractivity contribution in [2.24, 2.45) is 5.73 Å². The van der Waals surface area contributed by atoms with Gasteiger partial charge in [-0.2, -0.15) is 0 Å². The SMILES string of the molecule is COc1ccc2[nH]c(=O)c3sccc3c2c1-c1ccc([C@@H](C)N)cc1.Cl. The molecule has 2 aromatic carbocycles. The summed E-state index contributed by atoms with van der Waals surface area (Å²) in [7, 11) is 1.66. The Morgan fingerprint density at radius 2 is 1.85 bits per heavy atom. The maximum Gasteiger partial charge on any atom is 0.266 e. The van der Waals surface area contributed by atoms with Crippen LogP contribution in [0.15, 0.2) is 52.6 Å². The molecule has 0 aliphatic carbocycles. The number of thiophene rings is 1. The summed E-state index contributed by atoms with van der Waals surface area (Å²) in [6.07, 6.45) is 0. The van der Waals surface area contributed by atoms with E-state index in [9.17, 15) is 4.79 Å². The van der Waals surface area contributed by atoms with E-state index < -0.39 is 0 Å². The summed E-state index contributed by atoms with van der Waals surface area (Å²) in [4.78, 5) is 15.3. The predicted molar refractivity (Wildman–Crippen MR) is 112 cm³/mol. The van der Waals surface area contributed by atoms with Crippen LogP contribution >= 0.6 is 23.7 Å². The number of hydrogen-bond acceptors (Lipinski definition) is 4. The highest BCUT2D eigenvalue weighted by molar-refractivity contribution is 7.17. The molecule has 0 aliphatic heterocycles. The molecule has 4 nitrogen and oxygen atoms in total. The number of nitrogens with one attached hydrogen (secondary N) is 1. The highest BCUT2D eigenvalue weighted by Gasteiger charge is 2.16. The molecular formula is C20H19ClN2O2S. The molecule has 0 saturated heterocycles. The van der Waals surface area contributed by atoms with Crippen molar-refractivity contribution < 1.29 is 4.74 Å². The van der Waals surface area contributed by atoms with Crippen molar-refractivity contribution in [1.82, 2.24) is 4.98 Å². The smallest absolute Gasteiger partial charge is 0.266 e. The van der Waals surface area contributed by atoms with E-state index in [0.29, 0.717) is 0 Å². The number of benzene rings is 2. The molecule has 4 rings (SSSR count). The van der Waals surface area contributed by atoms with Gasteiger partial charge in [0.05, 0.1) is 7.11 Å². The van der Waals surface area contributed by atoms with E-state index >= 15 is 0 Å². The van der Waals surface area contributed by atoms with E-state index in [1.54, 1.807) is 7.11 Å². The number of hydrogen-bond donors (Lipinski definition) is 2. The Morgan fingerprint density at radius 3 is 2.50 bits per heavy atom. The van der Waals surface area contributed by atoms with Crippen molar-refractivity contribution in [3.05, 3.63) is 63.8 Å². The summed E-state index contributed by atoms with van der Waals surface area (Å²) in [5.41, 5.74) is 9.81. The molecule has 3 N–H and O–H groups in total. The summed E-state index contributed by atoms with van der Waals surface area (Å²) in [5.74, 6) is 0.778. The van der Waals surface area contributed by atoms with Gasteiger partial charge in [-0.25, -0.2) is 0 Å². The van der Waals surface area contributed by atoms with Gasteiger partial charge in [-0.15, -0.1) is 23.7 Å². The third-order valence-corrected chi connectivity index (χ3v) is 5.41. The maximum absolute atomic E-state index is 12.3. The van der Waals surface area contributed by atoms with E-state index in [-0.39, 0.29) is 24.0 Å². The first-order chi connectivity index (χ1) is 12.1. The van der Waals surface area contributed by atoms with Gasteiger partial charge < -0.3 is 15.5 Å². The summed E-state index contributed by atoms with van der Waals surface area (Å²) in [6, 6.07) is 14.0. The number of H-pyrrole nitrogens is 1. The van der Waals surface area contributed by atoms with Gasteiger partial charge in [0.15, 0.2) is 0 Å². The van der Waals surface area contributed by atoms with Crippen LogP contribution in [0.2, 0.25) is 0 Å². The Morgan fingerprint density at radius 1 is 1.12 bits per heavy atom. The number of nitrogens with two attached hydrogens (primary N) is 1. The van der Waals surface area contributed by atoms with Crippen LogP contribution in [0.3, 0.4) is 0 Å². The zero-order valence-electron chi connectivity index (χ0n) is 14.4. The predicted octanol–water partition coefficient (Wildman–Crippen LogP) is 4.86. The van der Waals surface area contributed by atoms with Crippen molar-refractivity contribution in [1.29, 1.82) is 0 Å². The standard InChI is InChI=1S/C20H18N2O2S.ClH/c1-11(21)12-3-5-13(6-4-12)17-16(24-2)8-7-15-18(17)14-9-10-25-19(14)20(23)22-15;/h3-11H,21H2,1-2H3,(H,22,23);1H/t11-;/m1./s1. The van der Waals surface area contributed by atoms with Crippen molar-refractivity contribution >= 4 is 44.7 Å². The van der Waals surface area contributed by atoms with Crippen LogP contribution in [0, 0.1) is 0 Å². The number of pyridine rings is 1.